The van der Waals surface area contributed by atoms with Crippen LogP contribution in [0.25, 0.3) is 0 Å². The summed E-state index contributed by atoms with van der Waals surface area (Å²) in [7, 11) is 0. The van der Waals surface area contributed by atoms with Gasteiger partial charge in [-0.15, -0.1) is 0 Å². The predicted octanol–water partition coefficient (Wildman–Crippen LogP) is 3.34. The molecule has 0 aromatic heterocycles. The Morgan fingerprint density at radius 1 is 0.632 bits per heavy atom. The summed E-state index contributed by atoms with van der Waals surface area (Å²) in [5.41, 5.74) is 3.22. The van der Waals surface area contributed by atoms with E-state index < -0.39 is 0 Å². The number of carbonyl (C=O) groups is 3. The molecule has 0 saturated carbocycles. The Morgan fingerprint density at radius 3 is 1.97 bits per heavy atom. The highest BCUT2D eigenvalue weighted by molar-refractivity contribution is 6.07. The standard InChI is InChI=1S/C30H33N5O3/c36-28(23-8-3-1-4-9-23)32-26-22-25(30(38)34-16-7-14-31-15-17-34)12-13-27(26)33-18-20-35(21-19-33)29(37)24-10-5-2-6-11-24/h1-6,8-13,22,31H,7,14-21H2,(H,32,36). The smallest absolute Gasteiger partial charge is 0.255 e. The van der Waals surface area contributed by atoms with Crippen molar-refractivity contribution in [3.8, 4) is 0 Å². The zero-order chi connectivity index (χ0) is 26.3. The second-order valence-electron chi connectivity index (χ2n) is 9.59. The molecule has 0 bridgehead atoms. The molecule has 2 heterocycles. The number of carbonyl (C=O) groups excluding carboxylic acids is 3. The summed E-state index contributed by atoms with van der Waals surface area (Å²) in [6.45, 7) is 5.42. The Balaban J connectivity index is 1.36. The van der Waals surface area contributed by atoms with Crippen molar-refractivity contribution in [3.05, 3.63) is 95.6 Å². The van der Waals surface area contributed by atoms with E-state index in [0.29, 0.717) is 61.6 Å². The molecular weight excluding hydrogens is 478 g/mol. The van der Waals surface area contributed by atoms with Gasteiger partial charge in [0.05, 0.1) is 11.4 Å². The fraction of sp³-hybridized carbons (Fsp3) is 0.300. The molecule has 0 unspecified atom stereocenters. The molecule has 196 valence electrons. The summed E-state index contributed by atoms with van der Waals surface area (Å²) in [5, 5.41) is 6.38. The van der Waals surface area contributed by atoms with Crippen molar-refractivity contribution in [1.29, 1.82) is 0 Å². The van der Waals surface area contributed by atoms with Crippen molar-refractivity contribution in [2.24, 2.45) is 0 Å². The van der Waals surface area contributed by atoms with Gasteiger partial charge in [-0.25, -0.2) is 0 Å². The van der Waals surface area contributed by atoms with Crippen LogP contribution in [-0.2, 0) is 0 Å². The lowest BCUT2D eigenvalue weighted by Crippen LogP contribution is -2.49. The molecule has 8 heteroatoms. The fourth-order valence-corrected chi connectivity index (χ4v) is 4.97. The van der Waals surface area contributed by atoms with Crippen LogP contribution < -0.4 is 15.5 Å². The number of rotatable bonds is 5. The number of piperazine rings is 1. The summed E-state index contributed by atoms with van der Waals surface area (Å²) in [6, 6.07) is 23.9. The number of anilines is 2. The van der Waals surface area contributed by atoms with Crippen LogP contribution in [0.5, 0.6) is 0 Å². The first-order chi connectivity index (χ1) is 18.6. The van der Waals surface area contributed by atoms with Crippen LogP contribution in [0.15, 0.2) is 78.9 Å². The lowest BCUT2D eigenvalue weighted by atomic mass is 10.1. The van der Waals surface area contributed by atoms with Crippen LogP contribution in [-0.4, -0.2) is 79.9 Å². The Morgan fingerprint density at radius 2 is 1.26 bits per heavy atom. The number of hydrogen-bond acceptors (Lipinski definition) is 5. The number of nitrogens with zero attached hydrogens (tertiary/aromatic N) is 3. The van der Waals surface area contributed by atoms with Crippen LogP contribution in [0.2, 0.25) is 0 Å². The average Bonchev–Trinajstić information content (AvgIpc) is 3.27. The zero-order valence-electron chi connectivity index (χ0n) is 21.4. The summed E-state index contributed by atoms with van der Waals surface area (Å²) < 4.78 is 0. The normalized spacial score (nSPS) is 16.1. The summed E-state index contributed by atoms with van der Waals surface area (Å²) in [6.07, 6.45) is 0.910. The van der Waals surface area contributed by atoms with Crippen molar-refractivity contribution in [1.82, 2.24) is 15.1 Å². The van der Waals surface area contributed by atoms with Crippen LogP contribution in [0.3, 0.4) is 0 Å². The molecular formula is C30H33N5O3. The summed E-state index contributed by atoms with van der Waals surface area (Å²) in [4.78, 5) is 45.2. The van der Waals surface area contributed by atoms with Gasteiger partial charge in [0.15, 0.2) is 0 Å². The van der Waals surface area contributed by atoms with Crippen LogP contribution >= 0.6 is 0 Å². The maximum atomic E-state index is 13.3. The highest BCUT2D eigenvalue weighted by Crippen LogP contribution is 2.30. The summed E-state index contributed by atoms with van der Waals surface area (Å²) >= 11 is 0. The maximum Gasteiger partial charge on any atom is 0.255 e. The minimum absolute atomic E-state index is 0.0238. The highest BCUT2D eigenvalue weighted by Gasteiger charge is 2.25. The predicted molar refractivity (Wildman–Crippen MR) is 149 cm³/mol. The van der Waals surface area contributed by atoms with Gasteiger partial charge < -0.3 is 25.3 Å². The molecule has 38 heavy (non-hydrogen) atoms. The van der Waals surface area contributed by atoms with Gasteiger partial charge in [-0.1, -0.05) is 36.4 Å². The van der Waals surface area contributed by atoms with Crippen molar-refractivity contribution >= 4 is 29.1 Å². The van der Waals surface area contributed by atoms with Gasteiger partial charge in [0.1, 0.15) is 0 Å². The van der Waals surface area contributed by atoms with Crippen molar-refractivity contribution < 1.29 is 14.4 Å². The molecule has 3 aromatic carbocycles. The first-order valence-corrected chi connectivity index (χ1v) is 13.2. The van der Waals surface area contributed by atoms with Gasteiger partial charge in [-0.3, -0.25) is 14.4 Å². The maximum absolute atomic E-state index is 13.3. The van der Waals surface area contributed by atoms with E-state index in [-0.39, 0.29) is 17.7 Å². The monoisotopic (exact) mass is 511 g/mol. The topological polar surface area (TPSA) is 85.0 Å². The second-order valence-corrected chi connectivity index (χ2v) is 9.59. The Labute approximate surface area is 223 Å². The van der Waals surface area contributed by atoms with Gasteiger partial charge in [-0.05, 0) is 55.4 Å². The SMILES string of the molecule is O=C(Nc1cc(C(=O)N2CCCNCC2)ccc1N1CCN(C(=O)c2ccccc2)CC1)c1ccccc1. The van der Waals surface area contributed by atoms with E-state index in [1.54, 1.807) is 18.2 Å². The third-order valence-electron chi connectivity index (χ3n) is 7.08. The lowest BCUT2D eigenvalue weighted by molar-refractivity contribution is 0.0743. The first-order valence-electron chi connectivity index (χ1n) is 13.2. The van der Waals surface area contributed by atoms with E-state index in [0.717, 1.165) is 25.2 Å². The van der Waals surface area contributed by atoms with E-state index in [1.807, 2.05) is 70.5 Å². The van der Waals surface area contributed by atoms with Gasteiger partial charge >= 0.3 is 0 Å². The molecule has 0 atom stereocenters. The molecule has 0 radical (unpaired) electrons. The molecule has 3 aromatic rings. The van der Waals surface area contributed by atoms with Crippen molar-refractivity contribution in [2.45, 2.75) is 6.42 Å². The molecule has 2 saturated heterocycles. The van der Waals surface area contributed by atoms with Gasteiger partial charge in [0.2, 0.25) is 0 Å². The quantitative estimate of drug-likeness (QED) is 0.549. The molecule has 3 amide bonds. The zero-order valence-corrected chi connectivity index (χ0v) is 21.4. The second kappa shape index (κ2) is 11.9. The Kier molecular flexibility index (Phi) is 7.99. The first kappa shape index (κ1) is 25.5. The van der Waals surface area contributed by atoms with Crippen molar-refractivity contribution in [3.63, 3.8) is 0 Å². The van der Waals surface area contributed by atoms with E-state index in [2.05, 4.69) is 15.5 Å². The van der Waals surface area contributed by atoms with Crippen LogP contribution in [0.4, 0.5) is 11.4 Å². The number of benzene rings is 3. The Bertz CT molecular complexity index is 1270. The highest BCUT2D eigenvalue weighted by atomic mass is 16.2. The third kappa shape index (κ3) is 5.86. The van der Waals surface area contributed by atoms with E-state index >= 15 is 0 Å². The number of amides is 3. The molecule has 0 spiro atoms. The largest absolute Gasteiger partial charge is 0.366 e. The molecule has 2 fully saturated rings. The van der Waals surface area contributed by atoms with Gasteiger partial charge in [-0.2, -0.15) is 0 Å². The molecule has 8 nitrogen and oxygen atoms in total. The van der Waals surface area contributed by atoms with Crippen LogP contribution in [0.1, 0.15) is 37.5 Å². The van der Waals surface area contributed by atoms with E-state index in [1.165, 1.54) is 0 Å². The molecule has 5 rings (SSSR count). The van der Waals surface area contributed by atoms with Crippen molar-refractivity contribution in [2.75, 3.05) is 62.6 Å². The average molecular weight is 512 g/mol. The number of nitrogens with one attached hydrogen (secondary N) is 2. The molecule has 2 aliphatic heterocycles. The molecule has 2 N–H and O–H groups in total. The van der Waals surface area contributed by atoms with Gasteiger partial charge in [0.25, 0.3) is 17.7 Å². The van der Waals surface area contributed by atoms with Gasteiger partial charge in [0, 0.05) is 62.5 Å². The minimum Gasteiger partial charge on any atom is -0.366 e. The fourth-order valence-electron chi connectivity index (χ4n) is 4.97. The molecule has 2 aliphatic rings. The van der Waals surface area contributed by atoms with E-state index in [4.69, 9.17) is 0 Å². The Hall–Kier alpha value is -4.17. The van der Waals surface area contributed by atoms with Crippen LogP contribution in [0, 0.1) is 0 Å². The van der Waals surface area contributed by atoms with E-state index in [9.17, 15) is 14.4 Å². The third-order valence-corrected chi connectivity index (χ3v) is 7.08. The molecule has 0 aliphatic carbocycles. The number of hydrogen-bond donors (Lipinski definition) is 2. The summed E-state index contributed by atoms with van der Waals surface area (Å²) in [5.74, 6) is -0.238. The minimum atomic E-state index is -0.228. The lowest BCUT2D eigenvalue weighted by Gasteiger charge is -2.37.